The molecule has 0 amide bonds. The zero-order chi connectivity index (χ0) is 23.1. The predicted octanol–water partition coefficient (Wildman–Crippen LogP) is 2.19. The summed E-state index contributed by atoms with van der Waals surface area (Å²) in [5, 5.41) is 10.5. The van der Waals surface area contributed by atoms with E-state index in [9.17, 15) is 24.3 Å². The fraction of sp³-hybridized carbons (Fsp3) is 0.391. The van der Waals surface area contributed by atoms with Crippen molar-refractivity contribution in [2.75, 3.05) is 27.2 Å². The first-order chi connectivity index (χ1) is 14.6. The quantitative estimate of drug-likeness (QED) is 0.573. The summed E-state index contributed by atoms with van der Waals surface area (Å²) in [6.07, 6.45) is 4.22. The molecule has 0 spiro atoms. The number of esters is 1. The monoisotopic (exact) mass is 429 g/mol. The summed E-state index contributed by atoms with van der Waals surface area (Å²) >= 11 is 0. The lowest BCUT2D eigenvalue weighted by molar-refractivity contribution is -0.142. The van der Waals surface area contributed by atoms with Gasteiger partial charge in [0.1, 0.15) is 29.8 Å². The van der Waals surface area contributed by atoms with Gasteiger partial charge >= 0.3 is 5.97 Å². The zero-order valence-corrected chi connectivity index (χ0v) is 18.1. The average Bonchev–Trinajstić information content (AvgIpc) is 2.69. The maximum Gasteiger partial charge on any atom is 0.342 e. The molecule has 31 heavy (non-hydrogen) atoms. The molecule has 0 aromatic heterocycles. The van der Waals surface area contributed by atoms with Crippen LogP contribution in [0.2, 0.25) is 0 Å². The Hall–Kier alpha value is -3.26. The Bertz CT molecular complexity index is 930. The van der Waals surface area contributed by atoms with Crippen LogP contribution in [-0.2, 0) is 19.1 Å². The maximum atomic E-state index is 12.8. The highest BCUT2D eigenvalue weighted by molar-refractivity contribution is 6.66. The first-order valence-electron chi connectivity index (χ1n) is 9.92. The number of phenolic OH excluding ortho intramolecular Hbond substituents is 1. The number of aromatic hydroxyl groups is 1. The predicted molar refractivity (Wildman–Crippen MR) is 114 cm³/mol. The van der Waals surface area contributed by atoms with Crippen LogP contribution in [0.3, 0.4) is 0 Å². The molecule has 0 unspecified atom stereocenters. The fourth-order valence-corrected chi connectivity index (χ4v) is 2.73. The number of carbonyl (C=O) groups excluding carboxylic acids is 4. The summed E-state index contributed by atoms with van der Waals surface area (Å²) in [5.74, 6) is -4.06. The van der Waals surface area contributed by atoms with Gasteiger partial charge in [0.15, 0.2) is 0 Å². The SMILES string of the molecule is C[C@@H]1/C=C\C(=O)C(=O)C(=O)C/C=C/c2cc(OCCN(C)C)cc(O)c2C(=O)O[C@H]1C. The van der Waals surface area contributed by atoms with E-state index in [1.54, 1.807) is 19.9 Å². The second-order valence-corrected chi connectivity index (χ2v) is 7.61. The van der Waals surface area contributed by atoms with Gasteiger partial charge in [0.25, 0.3) is 5.78 Å². The van der Waals surface area contributed by atoms with E-state index in [0.29, 0.717) is 18.9 Å². The number of ether oxygens (including phenoxy) is 2. The fourth-order valence-electron chi connectivity index (χ4n) is 2.73. The first-order valence-corrected chi connectivity index (χ1v) is 9.92. The van der Waals surface area contributed by atoms with Crippen molar-refractivity contribution in [1.82, 2.24) is 4.90 Å². The highest BCUT2D eigenvalue weighted by atomic mass is 16.5. The Labute approximate surface area is 181 Å². The average molecular weight is 429 g/mol. The molecule has 166 valence electrons. The van der Waals surface area contributed by atoms with Gasteiger partial charge in [-0.1, -0.05) is 25.2 Å². The van der Waals surface area contributed by atoms with Crippen molar-refractivity contribution in [2.24, 2.45) is 5.92 Å². The van der Waals surface area contributed by atoms with Crippen LogP contribution in [0.5, 0.6) is 11.5 Å². The minimum Gasteiger partial charge on any atom is -0.507 e. The minimum atomic E-state index is -1.11. The smallest absolute Gasteiger partial charge is 0.342 e. The van der Waals surface area contributed by atoms with Crippen LogP contribution in [0.15, 0.2) is 30.4 Å². The number of hydrogen-bond donors (Lipinski definition) is 1. The number of allylic oxidation sites excluding steroid dienone is 2. The van der Waals surface area contributed by atoms with Gasteiger partial charge in [0.2, 0.25) is 11.6 Å². The van der Waals surface area contributed by atoms with Crippen LogP contribution < -0.4 is 4.74 Å². The molecule has 2 atom stereocenters. The normalized spacial score (nSPS) is 22.5. The molecule has 8 nitrogen and oxygen atoms in total. The topological polar surface area (TPSA) is 110 Å². The van der Waals surface area contributed by atoms with Gasteiger partial charge < -0.3 is 19.5 Å². The molecule has 1 heterocycles. The third-order valence-electron chi connectivity index (χ3n) is 4.80. The number of phenols is 1. The van der Waals surface area contributed by atoms with E-state index in [1.807, 2.05) is 19.0 Å². The number of Topliss-reactive ketones (excluding diaryl/α,β-unsaturated/α-hetero) is 2. The third-order valence-corrected chi connectivity index (χ3v) is 4.80. The molecule has 1 aliphatic rings. The van der Waals surface area contributed by atoms with Gasteiger partial charge in [-0.25, -0.2) is 4.79 Å². The van der Waals surface area contributed by atoms with Crippen LogP contribution in [0.1, 0.15) is 36.2 Å². The summed E-state index contributed by atoms with van der Waals surface area (Å²) in [6, 6.07) is 2.87. The van der Waals surface area contributed by atoms with Gasteiger partial charge in [0.05, 0.1) is 0 Å². The van der Waals surface area contributed by atoms with Crippen molar-refractivity contribution in [3.05, 3.63) is 41.5 Å². The van der Waals surface area contributed by atoms with Crippen LogP contribution in [0.25, 0.3) is 6.08 Å². The summed E-state index contributed by atoms with van der Waals surface area (Å²) in [6.45, 7) is 4.32. The Balaban J connectivity index is 2.44. The van der Waals surface area contributed by atoms with E-state index in [2.05, 4.69) is 0 Å². The number of carbonyl (C=O) groups is 4. The molecular formula is C23H27NO7. The van der Waals surface area contributed by atoms with Crippen molar-refractivity contribution in [3.63, 3.8) is 0 Å². The molecule has 1 N–H and O–H groups in total. The Morgan fingerprint density at radius 1 is 1.13 bits per heavy atom. The molecule has 0 saturated carbocycles. The van der Waals surface area contributed by atoms with Crippen LogP contribution in [0, 0.1) is 5.92 Å². The van der Waals surface area contributed by atoms with Crippen LogP contribution >= 0.6 is 0 Å². The van der Waals surface area contributed by atoms with E-state index >= 15 is 0 Å². The number of hydrogen-bond acceptors (Lipinski definition) is 8. The summed E-state index contributed by atoms with van der Waals surface area (Å²) in [4.78, 5) is 50.6. The number of cyclic esters (lactones) is 1. The molecule has 0 bridgehead atoms. The number of fused-ring (bicyclic) bond motifs is 1. The highest BCUT2D eigenvalue weighted by Crippen LogP contribution is 2.31. The number of benzene rings is 1. The lowest BCUT2D eigenvalue weighted by Gasteiger charge is -2.19. The molecule has 2 rings (SSSR count). The van der Waals surface area contributed by atoms with Crippen LogP contribution in [-0.4, -0.2) is 66.7 Å². The van der Waals surface area contributed by atoms with Gasteiger partial charge in [-0.3, -0.25) is 14.4 Å². The maximum absolute atomic E-state index is 12.8. The van der Waals surface area contributed by atoms with Crippen molar-refractivity contribution in [1.29, 1.82) is 0 Å². The Morgan fingerprint density at radius 2 is 1.84 bits per heavy atom. The second-order valence-electron chi connectivity index (χ2n) is 7.61. The van der Waals surface area contributed by atoms with Crippen LogP contribution in [0.4, 0.5) is 0 Å². The molecule has 8 heteroatoms. The van der Waals surface area contributed by atoms with E-state index in [0.717, 1.165) is 6.08 Å². The largest absolute Gasteiger partial charge is 0.507 e. The highest BCUT2D eigenvalue weighted by Gasteiger charge is 2.24. The Morgan fingerprint density at radius 3 is 2.52 bits per heavy atom. The minimum absolute atomic E-state index is 0.0776. The van der Waals surface area contributed by atoms with E-state index in [-0.39, 0.29) is 23.3 Å². The molecule has 0 aliphatic carbocycles. The van der Waals surface area contributed by atoms with Gasteiger partial charge in [-0.15, -0.1) is 0 Å². The summed E-state index contributed by atoms with van der Waals surface area (Å²) in [5.41, 5.74) is 0.190. The van der Waals surface area contributed by atoms with Crippen molar-refractivity contribution < 1.29 is 33.8 Å². The van der Waals surface area contributed by atoms with Gasteiger partial charge in [-0.05, 0) is 38.7 Å². The van der Waals surface area contributed by atoms with E-state index in [4.69, 9.17) is 9.47 Å². The summed E-state index contributed by atoms with van der Waals surface area (Å²) < 4.78 is 11.1. The number of rotatable bonds is 4. The van der Waals surface area contributed by atoms with Crippen molar-refractivity contribution in [3.8, 4) is 11.5 Å². The van der Waals surface area contributed by atoms with Crippen molar-refractivity contribution >= 4 is 29.4 Å². The van der Waals surface area contributed by atoms with Crippen molar-refractivity contribution in [2.45, 2.75) is 26.4 Å². The second kappa shape index (κ2) is 10.7. The molecule has 1 aromatic carbocycles. The Kier molecular flexibility index (Phi) is 8.27. The lowest BCUT2D eigenvalue weighted by atomic mass is 10.0. The molecule has 0 radical (unpaired) electrons. The molecule has 1 aliphatic heterocycles. The number of nitrogens with zero attached hydrogens (tertiary/aromatic N) is 1. The van der Waals surface area contributed by atoms with Gasteiger partial charge in [0, 0.05) is 24.9 Å². The zero-order valence-electron chi connectivity index (χ0n) is 18.1. The number of likely N-dealkylation sites (N-methyl/N-ethyl adjacent to an activating group) is 1. The molecule has 0 saturated heterocycles. The standard InChI is InChI=1S/C23H27NO7/c1-14-8-9-19(26)22(28)18(25)7-5-6-16-12-17(30-11-10-24(3)4)13-20(27)21(16)23(29)31-15(14)2/h5-6,8-9,12-15,27H,7,10-11H2,1-4H3/b6-5+,9-8-/t14-,15+/m1/s1. The molecular weight excluding hydrogens is 402 g/mol. The summed E-state index contributed by atoms with van der Waals surface area (Å²) in [7, 11) is 3.78. The van der Waals surface area contributed by atoms with Gasteiger partial charge in [-0.2, -0.15) is 0 Å². The first kappa shape index (κ1) is 24.0. The third kappa shape index (κ3) is 6.62. The van der Waals surface area contributed by atoms with E-state index < -0.39 is 35.3 Å². The van der Waals surface area contributed by atoms with E-state index in [1.165, 1.54) is 24.3 Å². The molecule has 1 aromatic rings. The molecule has 0 fully saturated rings. The lowest BCUT2D eigenvalue weighted by Crippen LogP contribution is -2.24. The number of ketones is 3.